The molecule has 1 aliphatic carbocycles. The summed E-state index contributed by atoms with van der Waals surface area (Å²) in [6.45, 7) is 8.97. The van der Waals surface area contributed by atoms with E-state index in [9.17, 15) is 0 Å². The number of hydrogen-bond acceptors (Lipinski definition) is 2. The monoisotopic (exact) mass is 210 g/mol. The molecule has 0 aromatic rings. The van der Waals surface area contributed by atoms with E-state index in [-0.39, 0.29) is 11.5 Å². The van der Waals surface area contributed by atoms with Crippen LogP contribution in [-0.4, -0.2) is 26.9 Å². The van der Waals surface area contributed by atoms with Crippen molar-refractivity contribution in [3.05, 3.63) is 23.8 Å². The minimum Gasteiger partial charge on any atom is -0.384 e. The largest absolute Gasteiger partial charge is 0.384 e. The highest BCUT2D eigenvalue weighted by Gasteiger charge is 2.40. The molecule has 15 heavy (non-hydrogen) atoms. The first-order chi connectivity index (χ1) is 7.10. The van der Waals surface area contributed by atoms with Gasteiger partial charge in [-0.05, 0) is 25.3 Å². The molecule has 0 amide bonds. The molecular formula is C13H22O2. The van der Waals surface area contributed by atoms with Gasteiger partial charge in [-0.25, -0.2) is 0 Å². The molecule has 0 aromatic heterocycles. The molecule has 0 saturated carbocycles. The van der Waals surface area contributed by atoms with E-state index < -0.39 is 0 Å². The van der Waals surface area contributed by atoms with Gasteiger partial charge in [-0.3, -0.25) is 0 Å². The highest BCUT2D eigenvalue weighted by Crippen LogP contribution is 2.42. The number of hydrogen-bond donors (Lipinski definition) is 0. The van der Waals surface area contributed by atoms with Crippen molar-refractivity contribution < 1.29 is 9.47 Å². The van der Waals surface area contributed by atoms with Crippen molar-refractivity contribution in [2.24, 2.45) is 5.41 Å². The van der Waals surface area contributed by atoms with Gasteiger partial charge in [-0.15, -0.1) is 0 Å². The highest BCUT2D eigenvalue weighted by atomic mass is 16.5. The Hall–Kier alpha value is -0.600. The zero-order chi connectivity index (χ0) is 11.5. The molecule has 0 fully saturated rings. The number of rotatable bonds is 4. The molecule has 0 unspecified atom stereocenters. The predicted octanol–water partition coefficient (Wildman–Crippen LogP) is 2.95. The average Bonchev–Trinajstić information content (AvgIpc) is 2.18. The Morgan fingerprint density at radius 1 is 1.53 bits per heavy atom. The van der Waals surface area contributed by atoms with E-state index in [4.69, 9.17) is 9.47 Å². The second kappa shape index (κ2) is 4.95. The number of allylic oxidation sites excluding steroid dienone is 2. The Labute approximate surface area is 93.0 Å². The third-order valence-electron chi connectivity index (χ3n) is 3.50. The van der Waals surface area contributed by atoms with E-state index >= 15 is 0 Å². The maximum Gasteiger partial charge on any atom is 0.0690 e. The van der Waals surface area contributed by atoms with Crippen molar-refractivity contribution in [3.8, 4) is 0 Å². The summed E-state index contributed by atoms with van der Waals surface area (Å²) in [6, 6.07) is 0. The molecule has 0 aliphatic heterocycles. The van der Waals surface area contributed by atoms with Gasteiger partial charge in [0, 0.05) is 19.6 Å². The van der Waals surface area contributed by atoms with Crippen molar-refractivity contribution in [1.29, 1.82) is 0 Å². The van der Waals surface area contributed by atoms with Crippen LogP contribution in [0.2, 0.25) is 0 Å². The van der Waals surface area contributed by atoms with E-state index in [1.54, 1.807) is 14.2 Å². The maximum absolute atomic E-state index is 5.58. The van der Waals surface area contributed by atoms with Crippen molar-refractivity contribution in [2.45, 2.75) is 32.8 Å². The van der Waals surface area contributed by atoms with Crippen LogP contribution in [0.25, 0.3) is 0 Å². The molecule has 1 aliphatic rings. The van der Waals surface area contributed by atoms with Gasteiger partial charge in [0.2, 0.25) is 0 Å². The smallest absolute Gasteiger partial charge is 0.0690 e. The minimum atomic E-state index is -0.0480. The van der Waals surface area contributed by atoms with Gasteiger partial charge in [0.05, 0.1) is 12.7 Å². The molecule has 0 spiro atoms. The molecule has 1 rings (SSSR count). The molecule has 0 aromatic carbocycles. The van der Waals surface area contributed by atoms with Crippen molar-refractivity contribution in [2.75, 3.05) is 20.8 Å². The fourth-order valence-corrected chi connectivity index (χ4v) is 2.72. The van der Waals surface area contributed by atoms with Crippen LogP contribution in [0, 0.1) is 5.41 Å². The SMILES string of the molecule is C=CC1=C(C)CC[C@H](OC)[C@]1(C)COC. The van der Waals surface area contributed by atoms with Gasteiger partial charge in [0.1, 0.15) is 0 Å². The Bertz CT molecular complexity index is 268. The molecule has 86 valence electrons. The van der Waals surface area contributed by atoms with Gasteiger partial charge >= 0.3 is 0 Å². The highest BCUT2D eigenvalue weighted by molar-refractivity contribution is 5.34. The lowest BCUT2D eigenvalue weighted by Crippen LogP contribution is -2.42. The quantitative estimate of drug-likeness (QED) is 0.710. The Balaban J connectivity index is 3.09. The van der Waals surface area contributed by atoms with Gasteiger partial charge < -0.3 is 9.47 Å². The summed E-state index contributed by atoms with van der Waals surface area (Å²) in [5, 5.41) is 0. The fourth-order valence-electron chi connectivity index (χ4n) is 2.72. The molecular weight excluding hydrogens is 188 g/mol. The lowest BCUT2D eigenvalue weighted by molar-refractivity contribution is -0.0325. The molecule has 0 N–H and O–H groups in total. The van der Waals surface area contributed by atoms with Crippen LogP contribution < -0.4 is 0 Å². The van der Waals surface area contributed by atoms with Crippen LogP contribution in [-0.2, 0) is 9.47 Å². The number of ether oxygens (including phenoxy) is 2. The first kappa shape index (κ1) is 12.5. The first-order valence-electron chi connectivity index (χ1n) is 5.44. The standard InChI is InChI=1S/C13H22O2/c1-6-11-10(2)7-8-12(15-5)13(11,3)9-14-4/h6,12H,1,7-9H2,2-5H3/t12-,13+/m0/s1. The third kappa shape index (κ3) is 2.16. The van der Waals surface area contributed by atoms with Crippen molar-refractivity contribution in [3.63, 3.8) is 0 Å². The minimum absolute atomic E-state index is 0.0480. The van der Waals surface area contributed by atoms with E-state index in [0.29, 0.717) is 6.61 Å². The molecule has 2 heteroatoms. The molecule has 2 atom stereocenters. The molecule has 0 heterocycles. The van der Waals surface area contributed by atoms with E-state index in [1.165, 1.54) is 11.1 Å². The zero-order valence-electron chi connectivity index (χ0n) is 10.3. The van der Waals surface area contributed by atoms with Crippen LogP contribution >= 0.6 is 0 Å². The fraction of sp³-hybridized carbons (Fsp3) is 0.692. The van der Waals surface area contributed by atoms with Crippen molar-refractivity contribution in [1.82, 2.24) is 0 Å². The lowest BCUT2D eigenvalue weighted by Gasteiger charge is -2.42. The third-order valence-corrected chi connectivity index (χ3v) is 3.50. The zero-order valence-corrected chi connectivity index (χ0v) is 10.3. The molecule has 0 bridgehead atoms. The maximum atomic E-state index is 5.58. The van der Waals surface area contributed by atoms with Gasteiger partial charge in [0.15, 0.2) is 0 Å². The van der Waals surface area contributed by atoms with Crippen LogP contribution in [0.15, 0.2) is 23.8 Å². The van der Waals surface area contributed by atoms with E-state index in [1.807, 2.05) is 6.08 Å². The van der Waals surface area contributed by atoms with Gasteiger partial charge in [0.25, 0.3) is 0 Å². The van der Waals surface area contributed by atoms with E-state index in [0.717, 1.165) is 12.8 Å². The molecule has 2 nitrogen and oxygen atoms in total. The topological polar surface area (TPSA) is 18.5 Å². The second-order valence-electron chi connectivity index (χ2n) is 4.51. The van der Waals surface area contributed by atoms with Crippen LogP contribution in [0.4, 0.5) is 0 Å². The normalized spacial score (nSPS) is 31.9. The Morgan fingerprint density at radius 2 is 2.20 bits per heavy atom. The summed E-state index contributed by atoms with van der Waals surface area (Å²) in [7, 11) is 3.52. The second-order valence-corrected chi connectivity index (χ2v) is 4.51. The Morgan fingerprint density at radius 3 is 2.67 bits per heavy atom. The number of methoxy groups -OCH3 is 2. The van der Waals surface area contributed by atoms with Crippen LogP contribution in [0.3, 0.4) is 0 Å². The lowest BCUT2D eigenvalue weighted by atomic mass is 9.69. The van der Waals surface area contributed by atoms with Crippen LogP contribution in [0.1, 0.15) is 26.7 Å². The van der Waals surface area contributed by atoms with Gasteiger partial charge in [-0.1, -0.05) is 25.2 Å². The summed E-state index contributed by atoms with van der Waals surface area (Å²) in [6.07, 6.45) is 4.35. The predicted molar refractivity (Wildman–Crippen MR) is 62.9 cm³/mol. The first-order valence-corrected chi connectivity index (χ1v) is 5.44. The average molecular weight is 210 g/mol. The van der Waals surface area contributed by atoms with E-state index in [2.05, 4.69) is 20.4 Å². The summed E-state index contributed by atoms with van der Waals surface area (Å²) in [4.78, 5) is 0. The summed E-state index contributed by atoms with van der Waals surface area (Å²) in [5.74, 6) is 0. The summed E-state index contributed by atoms with van der Waals surface area (Å²) < 4.78 is 10.9. The summed E-state index contributed by atoms with van der Waals surface area (Å²) >= 11 is 0. The molecule has 0 radical (unpaired) electrons. The van der Waals surface area contributed by atoms with Crippen LogP contribution in [0.5, 0.6) is 0 Å². The van der Waals surface area contributed by atoms with Crippen molar-refractivity contribution >= 4 is 0 Å². The molecule has 0 saturated heterocycles. The summed E-state index contributed by atoms with van der Waals surface area (Å²) in [5.41, 5.74) is 2.66. The Kier molecular flexibility index (Phi) is 4.12. The van der Waals surface area contributed by atoms with Gasteiger partial charge in [-0.2, -0.15) is 0 Å².